The summed E-state index contributed by atoms with van der Waals surface area (Å²) in [6, 6.07) is 13.8. The number of carbonyl (C=O) groups excluding carboxylic acids is 4. The first kappa shape index (κ1) is 39.0. The molecule has 1 aliphatic carbocycles. The Balaban J connectivity index is 1.45. The minimum atomic E-state index is -1.27. The van der Waals surface area contributed by atoms with Gasteiger partial charge in [0.15, 0.2) is 23.2 Å². The largest absolute Gasteiger partial charge is 0.463 e. The lowest BCUT2D eigenvalue weighted by molar-refractivity contribution is -0.156. The van der Waals surface area contributed by atoms with Crippen LogP contribution in [0.1, 0.15) is 77.2 Å². The van der Waals surface area contributed by atoms with Crippen LogP contribution in [0, 0.1) is 5.92 Å². The second-order valence-electron chi connectivity index (χ2n) is 14.8. The normalized spacial score (nSPS) is 18.3. The number of imidazole rings is 1. The van der Waals surface area contributed by atoms with Crippen molar-refractivity contribution in [3.8, 4) is 0 Å². The zero-order valence-corrected chi connectivity index (χ0v) is 31.0. The number of H-pyrrole nitrogens is 1. The average molecular weight is 744 g/mol. The second kappa shape index (κ2) is 15.8. The van der Waals surface area contributed by atoms with Crippen LogP contribution in [0.25, 0.3) is 11.2 Å². The van der Waals surface area contributed by atoms with Gasteiger partial charge in [0.25, 0.3) is 5.56 Å². The van der Waals surface area contributed by atoms with Crippen molar-refractivity contribution in [1.82, 2.24) is 30.2 Å². The van der Waals surface area contributed by atoms with E-state index in [1.54, 1.807) is 107 Å². The van der Waals surface area contributed by atoms with E-state index in [-0.39, 0.29) is 30.1 Å². The molecule has 54 heavy (non-hydrogen) atoms. The third-order valence-electron chi connectivity index (χ3n) is 8.33. The fraction of sp³-hybridized carbons (Fsp3) is 0.395. The van der Waals surface area contributed by atoms with Gasteiger partial charge in [-0.15, -0.1) is 0 Å². The van der Waals surface area contributed by atoms with Gasteiger partial charge in [-0.2, -0.15) is 4.98 Å². The van der Waals surface area contributed by atoms with Crippen molar-refractivity contribution in [3.63, 3.8) is 0 Å². The van der Waals surface area contributed by atoms with Crippen molar-refractivity contribution >= 4 is 41.2 Å². The van der Waals surface area contributed by atoms with E-state index in [4.69, 9.17) is 24.7 Å². The zero-order valence-electron chi connectivity index (χ0n) is 31.0. The zero-order chi connectivity index (χ0) is 39.4. The van der Waals surface area contributed by atoms with Crippen LogP contribution in [0.5, 0.6) is 0 Å². The fourth-order valence-corrected chi connectivity index (χ4v) is 6.00. The highest BCUT2D eigenvalue weighted by atomic mass is 16.6. The monoisotopic (exact) mass is 743 g/mol. The molecule has 0 aliphatic heterocycles. The van der Waals surface area contributed by atoms with E-state index >= 15 is 0 Å². The number of nitrogens with one attached hydrogen (secondary N) is 3. The SMILES string of the molecule is C=C1[C@H](COC(=O)[C@H](NC(=O)OC(C)(C)C)c2ccccc2)[C@@H](OC(=O)[C@H](NC(=O)OC(C)(C)C)c2ccccc2)C[C@@H]1n1cnc2c(=O)[nH]c(N)nc21. The van der Waals surface area contributed by atoms with E-state index in [9.17, 15) is 24.0 Å². The number of alkyl carbamates (subject to hydrolysis) is 2. The molecule has 0 bridgehead atoms. The molecule has 0 radical (unpaired) electrons. The number of hydrogen-bond donors (Lipinski definition) is 4. The molecular weight excluding hydrogens is 698 g/mol. The second-order valence-corrected chi connectivity index (χ2v) is 14.8. The smallest absolute Gasteiger partial charge is 0.408 e. The number of aromatic amines is 1. The first-order valence-corrected chi connectivity index (χ1v) is 17.3. The summed E-state index contributed by atoms with van der Waals surface area (Å²) >= 11 is 0. The van der Waals surface area contributed by atoms with E-state index in [2.05, 4.69) is 32.2 Å². The van der Waals surface area contributed by atoms with E-state index in [0.29, 0.717) is 16.7 Å². The Morgan fingerprint density at radius 2 is 1.41 bits per heavy atom. The first-order valence-electron chi connectivity index (χ1n) is 17.3. The van der Waals surface area contributed by atoms with Gasteiger partial charge in [0, 0.05) is 6.42 Å². The van der Waals surface area contributed by atoms with Gasteiger partial charge < -0.3 is 39.9 Å². The number of benzene rings is 2. The number of aromatic nitrogens is 4. The van der Waals surface area contributed by atoms with E-state index in [1.807, 2.05) is 0 Å². The van der Waals surface area contributed by atoms with Crippen molar-refractivity contribution in [2.24, 2.45) is 5.92 Å². The number of anilines is 1. The Hall–Kier alpha value is -6.19. The minimum Gasteiger partial charge on any atom is -0.463 e. The maximum absolute atomic E-state index is 14.0. The summed E-state index contributed by atoms with van der Waals surface area (Å²) in [5.41, 5.74) is 5.18. The Labute approximate surface area is 311 Å². The average Bonchev–Trinajstić information content (AvgIpc) is 3.64. The van der Waals surface area contributed by atoms with Crippen molar-refractivity contribution in [1.29, 1.82) is 0 Å². The van der Waals surface area contributed by atoms with Crippen LogP contribution in [0.15, 0.2) is 83.9 Å². The Bertz CT molecular complexity index is 2070. The molecule has 2 aromatic heterocycles. The van der Waals surface area contributed by atoms with Crippen molar-refractivity contribution < 1.29 is 38.1 Å². The molecule has 0 spiro atoms. The summed E-state index contributed by atoms with van der Waals surface area (Å²) < 4.78 is 24.4. The lowest BCUT2D eigenvalue weighted by atomic mass is 10.0. The molecule has 1 saturated carbocycles. The van der Waals surface area contributed by atoms with Gasteiger partial charge in [0.05, 0.1) is 18.3 Å². The minimum absolute atomic E-state index is 0.0324. The molecule has 4 aromatic rings. The number of rotatable bonds is 10. The number of esters is 2. The Morgan fingerprint density at radius 1 is 0.889 bits per heavy atom. The predicted octanol–water partition coefficient (Wildman–Crippen LogP) is 4.81. The number of nitrogens with zero attached hydrogens (tertiary/aromatic N) is 3. The van der Waals surface area contributed by atoms with Crippen LogP contribution in [0.4, 0.5) is 15.5 Å². The number of carbonyl (C=O) groups is 4. The summed E-state index contributed by atoms with van der Waals surface area (Å²) in [4.78, 5) is 77.0. The lowest BCUT2D eigenvalue weighted by Crippen LogP contribution is -2.41. The standard InChI is InChI=1S/C38H45N7O9/c1-21-24(19-51-32(47)27(22-14-10-8-11-15-22)41-35(49)53-37(2,3)4)26(18-25(21)45-20-40-29-30(45)43-34(39)44-31(29)46)52-33(48)28(23-16-12-9-13-17-23)42-36(50)54-38(5,6)7/h8-17,20,24-28H,1,18-19H2,2-7H3,(H,41,49)(H,42,50)(H3,39,43,44,46)/t24-,25-,26-,27+,28+/m0/s1. The maximum atomic E-state index is 14.0. The summed E-state index contributed by atoms with van der Waals surface area (Å²) in [6.07, 6.45) is -1.14. The fourth-order valence-electron chi connectivity index (χ4n) is 6.00. The molecule has 1 aliphatic rings. The lowest BCUT2D eigenvalue weighted by Gasteiger charge is -2.26. The number of ether oxygens (including phenoxy) is 4. The predicted molar refractivity (Wildman–Crippen MR) is 197 cm³/mol. The summed E-state index contributed by atoms with van der Waals surface area (Å²) in [6.45, 7) is 14.1. The third kappa shape index (κ3) is 9.61. The van der Waals surface area contributed by atoms with Gasteiger partial charge >= 0.3 is 24.1 Å². The highest BCUT2D eigenvalue weighted by Crippen LogP contribution is 2.42. The van der Waals surface area contributed by atoms with E-state index in [0.717, 1.165) is 0 Å². The van der Waals surface area contributed by atoms with Gasteiger partial charge in [-0.1, -0.05) is 67.2 Å². The van der Waals surface area contributed by atoms with Gasteiger partial charge in [0.2, 0.25) is 5.95 Å². The van der Waals surface area contributed by atoms with Crippen LogP contribution in [0.2, 0.25) is 0 Å². The maximum Gasteiger partial charge on any atom is 0.408 e. The Morgan fingerprint density at radius 3 is 1.93 bits per heavy atom. The van der Waals surface area contributed by atoms with Gasteiger partial charge in [-0.3, -0.25) is 9.78 Å². The molecule has 2 amide bonds. The molecule has 16 nitrogen and oxygen atoms in total. The molecule has 0 saturated heterocycles. The first-order chi connectivity index (χ1) is 25.4. The van der Waals surface area contributed by atoms with Crippen molar-refractivity contribution in [2.45, 2.75) is 83.4 Å². The molecule has 1 fully saturated rings. The highest BCUT2D eigenvalue weighted by molar-refractivity contribution is 5.84. The number of nitrogens with two attached hydrogens (primary N) is 1. The van der Waals surface area contributed by atoms with Gasteiger partial charge in [-0.25, -0.2) is 24.2 Å². The van der Waals surface area contributed by atoms with Crippen LogP contribution in [-0.4, -0.2) is 67.6 Å². The van der Waals surface area contributed by atoms with Crippen molar-refractivity contribution in [2.75, 3.05) is 12.3 Å². The topological polar surface area (TPSA) is 219 Å². The van der Waals surface area contributed by atoms with Gasteiger partial charge in [0.1, 0.15) is 23.9 Å². The number of amides is 2. The molecule has 286 valence electrons. The van der Waals surface area contributed by atoms with Gasteiger partial charge in [-0.05, 0) is 58.2 Å². The third-order valence-corrected chi connectivity index (χ3v) is 8.33. The number of fused-ring (bicyclic) bond motifs is 1. The summed E-state index contributed by atoms with van der Waals surface area (Å²) in [5, 5.41) is 5.20. The molecule has 2 heterocycles. The molecule has 5 atom stereocenters. The van der Waals surface area contributed by atoms with E-state index in [1.165, 1.54) is 6.33 Å². The van der Waals surface area contributed by atoms with Crippen LogP contribution < -0.4 is 21.9 Å². The van der Waals surface area contributed by atoms with Crippen LogP contribution >= 0.6 is 0 Å². The summed E-state index contributed by atoms with van der Waals surface area (Å²) in [5.74, 6) is -2.56. The number of nitrogen functional groups attached to an aromatic ring is 1. The van der Waals surface area contributed by atoms with Crippen LogP contribution in [-0.2, 0) is 28.5 Å². The molecule has 5 N–H and O–H groups in total. The number of hydrogen-bond acceptors (Lipinski definition) is 12. The molecule has 5 rings (SSSR count). The highest BCUT2D eigenvalue weighted by Gasteiger charge is 2.44. The molecule has 0 unspecified atom stereocenters. The molecular formula is C38H45N7O9. The van der Waals surface area contributed by atoms with E-state index < -0.39 is 71.0 Å². The van der Waals surface area contributed by atoms with Crippen molar-refractivity contribution in [3.05, 3.63) is 101 Å². The molecule has 2 aromatic carbocycles. The molecule has 16 heteroatoms. The van der Waals surface area contributed by atoms with Crippen LogP contribution in [0.3, 0.4) is 0 Å². The Kier molecular flexibility index (Phi) is 11.4. The summed E-state index contributed by atoms with van der Waals surface area (Å²) in [7, 11) is 0. The quantitative estimate of drug-likeness (QED) is 0.0978.